The van der Waals surface area contributed by atoms with E-state index in [2.05, 4.69) is 77.6 Å². The van der Waals surface area contributed by atoms with Crippen LogP contribution in [0.3, 0.4) is 0 Å². The summed E-state index contributed by atoms with van der Waals surface area (Å²) >= 11 is 28.2. The van der Waals surface area contributed by atoms with Gasteiger partial charge in [0, 0.05) is 49.3 Å². The zero-order valence-electron chi connectivity index (χ0n) is 66.5. The number of nitrogens with zero attached hydrogens (tertiary/aromatic N) is 15. The molecule has 3 saturated heterocycles. The number of rotatable bonds is 28. The van der Waals surface area contributed by atoms with Crippen LogP contribution < -0.4 is 11.5 Å². The van der Waals surface area contributed by atoms with Crippen molar-refractivity contribution < 1.29 is 86.7 Å². The molecule has 0 spiro atoms. The number of carboxylic acid groups (broad SMARTS) is 1. The predicted octanol–water partition coefficient (Wildman–Crippen LogP) is 9.86. The smallest absolute Gasteiger partial charge is 0.345 e. The number of carboxylic acids is 1. The molecular formula is C82H77Cl4N17O18S3. The molecule has 0 amide bonds. The number of ether oxygens (including phenoxy) is 10. The van der Waals surface area contributed by atoms with Crippen LogP contribution in [-0.2, 0) is 107 Å². The molecule has 12 heterocycles. The Balaban J connectivity index is 0.000000160. The molecule has 12 aromatic rings. The number of esters is 4. The van der Waals surface area contributed by atoms with Crippen LogP contribution in [0.1, 0.15) is 94.0 Å². The number of aromatic nitrogens is 15. The summed E-state index contributed by atoms with van der Waals surface area (Å²) in [6.07, 6.45) is 12.0. The predicted molar refractivity (Wildman–Crippen MR) is 452 cm³/mol. The number of benzene rings is 3. The molecule has 7 N–H and O–H groups in total. The number of imidazole rings is 3. The molecule has 3 aliphatic rings. The second-order valence-electron chi connectivity index (χ2n) is 28.7. The van der Waals surface area contributed by atoms with E-state index in [0.717, 1.165) is 11.1 Å². The largest absolute Gasteiger partial charge is 0.479 e. The third kappa shape index (κ3) is 17.9. The Morgan fingerprint density at radius 2 is 0.855 bits per heavy atom. The molecule has 0 radical (unpaired) electrons. The Hall–Kier alpha value is -11.3. The molecule has 15 atom stereocenters. The maximum Gasteiger partial charge on any atom is 0.345 e. The number of thiazole rings is 3. The molecule has 0 saturated carbocycles. The highest BCUT2D eigenvalue weighted by atomic mass is 35.5. The lowest BCUT2D eigenvalue weighted by Gasteiger charge is -2.34. The lowest BCUT2D eigenvalue weighted by atomic mass is 9.81. The maximum absolute atomic E-state index is 13.7. The number of fused-ring (bicyclic) bond motifs is 3. The fraction of sp³-hybridized carbons (Fsp3) is 0.354. The standard InChI is InChI=1S/C29H27Cl2N5O6S.C29H29ClN6O6S.C24H21ClN6O6S/c1-5-28(4)20(42-25(22(28)41-17(3)37)36-15-32-21-23(30)34-27(31)35-24(21)36)13-40-29(26(38)39-6-2,19-14-43-16-33-19)12-18-10-8-7-9-11-18;1-5-28(4)20(42-25(22(28)41-17(3)37)36-15-32-21-23(31)34-27(30)35-24(21)36)13-40-29(26(38)39-6-2,19-14-43-16-33-19)12-18-10-8-7-9-11-18;1-2-23(35)15(37-20(17(23)32)31-11-27-16-18(26)29-22(25)30-19(16)31)9-36-24(21(33)34,14-10-38-12-28-14)8-13-6-4-3-5-7-13/h1,7-11,14-16,20,22,25H,6,12-13H2,2-4H3;1,7-11,14-16,20,22,25H,6,12-13H2,2-4H3,(H2,31,34,35);1,3-7,10-12,15,17,20,32,35H,8-9H2,(H,33,34)(H2,26,29,30)/t2*20-,22+,25-,28+,29?;15-,17+,20-,23-,24?/m111/s1. The third-order valence-electron chi connectivity index (χ3n) is 21.0. The van der Waals surface area contributed by atoms with E-state index in [4.69, 9.17) is 125 Å². The van der Waals surface area contributed by atoms with Crippen molar-refractivity contribution in [3.8, 4) is 37.0 Å². The van der Waals surface area contributed by atoms with Gasteiger partial charge in [0.2, 0.25) is 32.7 Å². The lowest BCUT2D eigenvalue weighted by Crippen LogP contribution is -2.50. The molecule has 124 heavy (non-hydrogen) atoms. The highest BCUT2D eigenvalue weighted by Crippen LogP contribution is 2.50. The van der Waals surface area contributed by atoms with Crippen LogP contribution >= 0.6 is 80.4 Å². The quantitative estimate of drug-likeness (QED) is 0.0100. The number of aliphatic hydroxyl groups is 2. The Bertz CT molecular complexity index is 5730. The molecule has 3 unspecified atom stereocenters. The van der Waals surface area contributed by atoms with Crippen LogP contribution in [-0.4, -0.2) is 194 Å². The van der Waals surface area contributed by atoms with Gasteiger partial charge in [-0.05, 0) is 79.2 Å². The third-order valence-corrected chi connectivity index (χ3v) is 23.6. The van der Waals surface area contributed by atoms with Gasteiger partial charge in [-0.15, -0.1) is 53.3 Å². The summed E-state index contributed by atoms with van der Waals surface area (Å²) in [5, 5.41) is 37.4. The summed E-state index contributed by atoms with van der Waals surface area (Å²) in [5.74, 6) is 4.08. The number of aliphatic hydroxyl groups excluding tert-OH is 1. The van der Waals surface area contributed by atoms with Gasteiger partial charge in [-0.25, -0.2) is 49.3 Å². The van der Waals surface area contributed by atoms with E-state index in [1.807, 2.05) is 66.7 Å². The second kappa shape index (κ2) is 38.0. The summed E-state index contributed by atoms with van der Waals surface area (Å²) < 4.78 is 64.9. The van der Waals surface area contributed by atoms with Crippen molar-refractivity contribution in [2.75, 3.05) is 44.5 Å². The van der Waals surface area contributed by atoms with E-state index in [9.17, 15) is 39.3 Å². The number of nitrogens with two attached hydrogens (primary N) is 2. The number of anilines is 2. The van der Waals surface area contributed by atoms with Crippen LogP contribution in [0.4, 0.5) is 11.6 Å². The number of halogens is 4. The highest BCUT2D eigenvalue weighted by Gasteiger charge is 2.61. The summed E-state index contributed by atoms with van der Waals surface area (Å²) in [6.45, 7) is 8.78. The monoisotopic (exact) mass is 1820 g/mol. The summed E-state index contributed by atoms with van der Waals surface area (Å²) in [6, 6.07) is 27.7. The van der Waals surface area contributed by atoms with Crippen LogP contribution in [0.15, 0.2) is 143 Å². The number of carbonyl (C=O) groups excluding carboxylic acids is 4. The average molecular weight is 1830 g/mol. The molecule has 42 heteroatoms. The number of nitrogen functional groups attached to an aromatic ring is 2. The van der Waals surface area contributed by atoms with E-state index < -0.39 is 125 Å². The van der Waals surface area contributed by atoms with E-state index in [-0.39, 0.29) is 118 Å². The van der Waals surface area contributed by atoms with Gasteiger partial charge in [0.1, 0.15) is 41.0 Å². The minimum atomic E-state index is -2.26. The first-order valence-electron chi connectivity index (χ1n) is 37.7. The molecule has 0 aliphatic carbocycles. The van der Waals surface area contributed by atoms with E-state index in [1.165, 1.54) is 86.1 Å². The minimum absolute atomic E-state index is 0.00810. The minimum Gasteiger partial charge on any atom is -0.479 e. The Morgan fingerprint density at radius 3 is 1.22 bits per heavy atom. The molecule has 3 fully saturated rings. The van der Waals surface area contributed by atoms with E-state index >= 15 is 0 Å². The van der Waals surface area contributed by atoms with Crippen LogP contribution in [0.25, 0.3) is 33.5 Å². The van der Waals surface area contributed by atoms with Gasteiger partial charge in [-0.3, -0.25) is 23.3 Å². The van der Waals surface area contributed by atoms with Gasteiger partial charge in [-0.2, -0.15) is 24.9 Å². The SMILES string of the molecule is C#C[C@@]1(C)[C@@H](COC(Cc2ccccc2)(C(=O)OCC)c2cscn2)O[C@@H](n2cnc3c(Cl)nc(Cl)nc32)[C@@H]1OC(C)=O.C#C[C@@]1(C)[C@@H](COC(Cc2ccccc2)(C(=O)OCC)c2cscn2)O[C@@H](n2cnc3c(N)nc(Cl)nc32)[C@@H]1OC(C)=O.C#C[C@@]1(O)[C@@H](COC(Cc2ccccc2)(C(=O)O)c2cscn2)O[C@@H](n2cnc3c(N)nc(Cl)nc32)[C@@H]1O. The number of hydrogen-bond donors (Lipinski definition) is 5. The van der Waals surface area contributed by atoms with Crippen molar-refractivity contribution in [3.05, 3.63) is 197 Å². The van der Waals surface area contributed by atoms with Crippen LogP contribution in [0.5, 0.6) is 0 Å². The topological polar surface area (TPSA) is 460 Å². The second-order valence-corrected chi connectivity index (χ2v) is 32.2. The summed E-state index contributed by atoms with van der Waals surface area (Å²) in [5.41, 5.74) is 11.4. The molecule has 644 valence electrons. The zero-order chi connectivity index (χ0) is 88.6. The van der Waals surface area contributed by atoms with E-state index in [0.29, 0.717) is 17.0 Å². The van der Waals surface area contributed by atoms with Crippen molar-refractivity contribution >= 4 is 155 Å². The normalized spacial score (nSPS) is 23.5. The van der Waals surface area contributed by atoms with Gasteiger partial charge in [0.05, 0.1) is 96.5 Å². The van der Waals surface area contributed by atoms with Crippen LogP contribution in [0.2, 0.25) is 21.0 Å². The first kappa shape index (κ1) is 90.4. The zero-order valence-corrected chi connectivity index (χ0v) is 72.0. The fourth-order valence-electron chi connectivity index (χ4n) is 14.6. The highest BCUT2D eigenvalue weighted by molar-refractivity contribution is 7.08. The Morgan fingerprint density at radius 1 is 0.508 bits per heavy atom. The molecule has 35 nitrogen and oxygen atoms in total. The summed E-state index contributed by atoms with van der Waals surface area (Å²) in [7, 11) is 0. The Kier molecular flexibility index (Phi) is 27.7. The van der Waals surface area contributed by atoms with E-state index in [1.54, 1.807) is 79.1 Å². The van der Waals surface area contributed by atoms with Gasteiger partial charge >= 0.3 is 29.8 Å². The number of carbonyl (C=O) groups is 5. The van der Waals surface area contributed by atoms with Crippen molar-refractivity contribution in [2.45, 2.75) is 139 Å². The molecule has 15 rings (SSSR count). The molecule has 0 bridgehead atoms. The van der Waals surface area contributed by atoms with Crippen LogP contribution in [0, 0.1) is 47.9 Å². The molecule has 9 aromatic heterocycles. The van der Waals surface area contributed by atoms with Gasteiger partial charge in [0.25, 0.3) is 0 Å². The maximum atomic E-state index is 13.7. The van der Waals surface area contributed by atoms with Gasteiger partial charge in [0.15, 0.2) is 70.2 Å². The van der Waals surface area contributed by atoms with Crippen molar-refractivity contribution in [1.82, 2.24) is 73.5 Å². The molecule has 3 aliphatic heterocycles. The number of hydrogen-bond acceptors (Lipinski definition) is 34. The first-order chi connectivity index (χ1) is 59.4. The van der Waals surface area contributed by atoms with Crippen molar-refractivity contribution in [1.29, 1.82) is 0 Å². The Labute approximate surface area is 739 Å². The molecule has 3 aromatic carbocycles. The van der Waals surface area contributed by atoms with Gasteiger partial charge in [-0.1, -0.05) is 120 Å². The summed E-state index contributed by atoms with van der Waals surface area (Å²) in [4.78, 5) is 115. The van der Waals surface area contributed by atoms with Crippen molar-refractivity contribution in [2.24, 2.45) is 10.8 Å². The van der Waals surface area contributed by atoms with Crippen molar-refractivity contribution in [3.63, 3.8) is 0 Å². The number of aliphatic carboxylic acids is 1. The molecular weight excluding hydrogens is 1750 g/mol. The first-order valence-corrected chi connectivity index (χ1v) is 42.1. The fourth-order valence-corrected chi connectivity index (χ4v) is 17.2. The number of terminal acetylenes is 3. The lowest BCUT2D eigenvalue weighted by molar-refractivity contribution is -0.183. The average Bonchev–Trinajstić information content (AvgIpc) is 1.61. The van der Waals surface area contributed by atoms with Gasteiger partial charge < -0.3 is 74.2 Å².